The number of nitrogens with zero attached hydrogens (tertiary/aromatic N) is 1. The third-order valence-corrected chi connectivity index (χ3v) is 4.75. The lowest BCUT2D eigenvalue weighted by atomic mass is 10.0. The van der Waals surface area contributed by atoms with Crippen LogP contribution in [0.2, 0.25) is 0 Å². The fraction of sp³-hybridized carbons (Fsp3) is 0.0870. The van der Waals surface area contributed by atoms with E-state index in [1.807, 2.05) is 48.5 Å². The Balaban J connectivity index is 1.68. The number of hydrogen-bond donors (Lipinski definition) is 1. The van der Waals surface area contributed by atoms with Crippen molar-refractivity contribution in [2.24, 2.45) is 0 Å². The van der Waals surface area contributed by atoms with Gasteiger partial charge in [-0.1, -0.05) is 60.7 Å². The number of para-hydroxylation sites is 1. The zero-order chi connectivity index (χ0) is 19.5. The summed E-state index contributed by atoms with van der Waals surface area (Å²) in [6.07, 6.45) is 0.241. The summed E-state index contributed by atoms with van der Waals surface area (Å²) in [6.45, 7) is 0. The van der Waals surface area contributed by atoms with E-state index in [-0.39, 0.29) is 6.42 Å². The van der Waals surface area contributed by atoms with Gasteiger partial charge in [0.15, 0.2) is 0 Å². The van der Waals surface area contributed by atoms with Crippen molar-refractivity contribution in [2.45, 2.75) is 12.5 Å². The van der Waals surface area contributed by atoms with Crippen LogP contribution in [0.25, 0.3) is 0 Å². The van der Waals surface area contributed by atoms with Gasteiger partial charge in [-0.25, -0.2) is 0 Å². The number of carbonyl (C=O) groups is 3. The van der Waals surface area contributed by atoms with Gasteiger partial charge in [0.25, 0.3) is 11.8 Å². The first-order chi connectivity index (χ1) is 13.6. The van der Waals surface area contributed by atoms with Crippen LogP contribution in [0.3, 0.4) is 0 Å². The van der Waals surface area contributed by atoms with Gasteiger partial charge in [0.2, 0.25) is 5.91 Å². The van der Waals surface area contributed by atoms with Gasteiger partial charge in [0, 0.05) is 12.1 Å². The van der Waals surface area contributed by atoms with Gasteiger partial charge >= 0.3 is 0 Å². The molecule has 1 aliphatic rings. The van der Waals surface area contributed by atoms with Crippen molar-refractivity contribution in [1.82, 2.24) is 4.90 Å². The van der Waals surface area contributed by atoms with Gasteiger partial charge in [-0.05, 0) is 29.8 Å². The molecule has 0 saturated carbocycles. The molecule has 3 aromatic carbocycles. The lowest BCUT2D eigenvalue weighted by molar-refractivity contribution is -0.119. The predicted molar refractivity (Wildman–Crippen MR) is 106 cm³/mol. The molecule has 1 N–H and O–H groups in total. The summed E-state index contributed by atoms with van der Waals surface area (Å²) in [4.78, 5) is 40.0. The molecule has 1 heterocycles. The van der Waals surface area contributed by atoms with Gasteiger partial charge < -0.3 is 5.32 Å². The van der Waals surface area contributed by atoms with Gasteiger partial charge in [0.05, 0.1) is 11.1 Å². The number of hydrogen-bond acceptors (Lipinski definition) is 3. The number of benzene rings is 3. The lowest BCUT2D eigenvalue weighted by Gasteiger charge is -2.25. The maximum Gasteiger partial charge on any atom is 0.262 e. The molecule has 0 fully saturated rings. The van der Waals surface area contributed by atoms with Crippen molar-refractivity contribution in [3.8, 4) is 0 Å². The highest BCUT2D eigenvalue weighted by atomic mass is 16.2. The Morgan fingerprint density at radius 3 is 1.82 bits per heavy atom. The molecule has 138 valence electrons. The van der Waals surface area contributed by atoms with Crippen LogP contribution in [0.1, 0.15) is 26.3 Å². The minimum Gasteiger partial charge on any atom is -0.324 e. The fourth-order valence-corrected chi connectivity index (χ4v) is 3.38. The molecule has 1 atom stereocenters. The van der Waals surface area contributed by atoms with Crippen LogP contribution < -0.4 is 5.32 Å². The molecule has 0 spiro atoms. The van der Waals surface area contributed by atoms with Crippen molar-refractivity contribution in [3.05, 3.63) is 102 Å². The lowest BCUT2D eigenvalue weighted by Crippen LogP contribution is -2.48. The summed E-state index contributed by atoms with van der Waals surface area (Å²) >= 11 is 0. The molecule has 1 unspecified atom stereocenters. The Hall–Kier alpha value is -3.73. The van der Waals surface area contributed by atoms with Crippen LogP contribution in [0, 0.1) is 0 Å². The third-order valence-electron chi connectivity index (χ3n) is 4.75. The summed E-state index contributed by atoms with van der Waals surface area (Å²) in [5.74, 6) is -1.28. The Kier molecular flexibility index (Phi) is 4.72. The van der Waals surface area contributed by atoms with E-state index in [0.29, 0.717) is 16.8 Å². The van der Waals surface area contributed by atoms with Gasteiger partial charge in [-0.2, -0.15) is 0 Å². The zero-order valence-electron chi connectivity index (χ0n) is 15.0. The van der Waals surface area contributed by atoms with E-state index in [4.69, 9.17) is 0 Å². The van der Waals surface area contributed by atoms with Crippen molar-refractivity contribution < 1.29 is 14.4 Å². The average Bonchev–Trinajstić information content (AvgIpc) is 2.98. The summed E-state index contributed by atoms with van der Waals surface area (Å²) in [7, 11) is 0. The third kappa shape index (κ3) is 3.30. The fourth-order valence-electron chi connectivity index (χ4n) is 3.38. The second kappa shape index (κ2) is 7.48. The van der Waals surface area contributed by atoms with Crippen LogP contribution in [0.15, 0.2) is 84.9 Å². The summed E-state index contributed by atoms with van der Waals surface area (Å²) in [5, 5.41) is 2.82. The van der Waals surface area contributed by atoms with Gasteiger partial charge in [-0.3, -0.25) is 19.3 Å². The van der Waals surface area contributed by atoms with Crippen LogP contribution in [0.4, 0.5) is 5.69 Å². The maximum absolute atomic E-state index is 13.1. The highest BCUT2D eigenvalue weighted by molar-refractivity contribution is 6.23. The van der Waals surface area contributed by atoms with Crippen molar-refractivity contribution >= 4 is 23.4 Å². The minimum atomic E-state index is -0.949. The van der Waals surface area contributed by atoms with Gasteiger partial charge in [0.1, 0.15) is 6.04 Å². The second-order valence-electron chi connectivity index (χ2n) is 6.59. The molecule has 0 saturated heterocycles. The molecular formula is C23H18N2O3. The van der Waals surface area contributed by atoms with Crippen LogP contribution in [-0.2, 0) is 11.2 Å². The SMILES string of the molecule is O=C(Nc1ccccc1)C(Cc1ccccc1)N1C(=O)c2ccccc2C1=O. The van der Waals surface area contributed by atoms with E-state index in [2.05, 4.69) is 5.32 Å². The molecular weight excluding hydrogens is 352 g/mol. The summed E-state index contributed by atoms with van der Waals surface area (Å²) in [6, 6.07) is 24.1. The molecule has 1 aliphatic heterocycles. The van der Waals surface area contributed by atoms with E-state index in [9.17, 15) is 14.4 Å². The topological polar surface area (TPSA) is 66.5 Å². The first-order valence-electron chi connectivity index (χ1n) is 9.02. The van der Waals surface area contributed by atoms with Crippen LogP contribution >= 0.6 is 0 Å². The van der Waals surface area contributed by atoms with Crippen molar-refractivity contribution in [3.63, 3.8) is 0 Å². The maximum atomic E-state index is 13.1. The predicted octanol–water partition coefficient (Wildman–Crippen LogP) is 3.53. The van der Waals surface area contributed by atoms with E-state index in [1.54, 1.807) is 36.4 Å². The van der Waals surface area contributed by atoms with E-state index in [1.165, 1.54) is 0 Å². The van der Waals surface area contributed by atoms with E-state index >= 15 is 0 Å². The molecule has 0 radical (unpaired) electrons. The number of anilines is 1. The molecule has 3 aromatic rings. The number of amides is 3. The highest BCUT2D eigenvalue weighted by Crippen LogP contribution is 2.26. The molecule has 3 amide bonds. The highest BCUT2D eigenvalue weighted by Gasteiger charge is 2.42. The molecule has 0 bridgehead atoms. The first-order valence-corrected chi connectivity index (χ1v) is 9.02. The Labute approximate surface area is 162 Å². The first kappa shape index (κ1) is 17.7. The molecule has 28 heavy (non-hydrogen) atoms. The monoisotopic (exact) mass is 370 g/mol. The molecule has 0 aliphatic carbocycles. The van der Waals surface area contributed by atoms with Crippen molar-refractivity contribution in [1.29, 1.82) is 0 Å². The number of rotatable bonds is 5. The summed E-state index contributed by atoms with van der Waals surface area (Å²) in [5.41, 5.74) is 2.14. The average molecular weight is 370 g/mol. The minimum absolute atomic E-state index is 0.241. The van der Waals surface area contributed by atoms with E-state index in [0.717, 1.165) is 10.5 Å². The number of carbonyl (C=O) groups excluding carboxylic acids is 3. The zero-order valence-corrected chi connectivity index (χ0v) is 15.0. The number of imide groups is 1. The van der Waals surface area contributed by atoms with Crippen LogP contribution in [-0.4, -0.2) is 28.7 Å². The Morgan fingerprint density at radius 2 is 1.25 bits per heavy atom. The number of fused-ring (bicyclic) bond motifs is 1. The largest absolute Gasteiger partial charge is 0.324 e. The van der Waals surface area contributed by atoms with Crippen molar-refractivity contribution in [2.75, 3.05) is 5.32 Å². The second-order valence-corrected chi connectivity index (χ2v) is 6.59. The normalized spacial score (nSPS) is 13.9. The van der Waals surface area contributed by atoms with Crippen LogP contribution in [0.5, 0.6) is 0 Å². The van der Waals surface area contributed by atoms with E-state index < -0.39 is 23.8 Å². The Morgan fingerprint density at radius 1 is 0.750 bits per heavy atom. The van der Waals surface area contributed by atoms with Gasteiger partial charge in [-0.15, -0.1) is 0 Å². The molecule has 4 rings (SSSR count). The summed E-state index contributed by atoms with van der Waals surface area (Å²) < 4.78 is 0. The standard InChI is InChI=1S/C23H18N2O3/c26-21(24-17-11-5-2-6-12-17)20(15-16-9-3-1-4-10-16)25-22(27)18-13-7-8-14-19(18)23(25)28/h1-14,20H,15H2,(H,24,26). The quantitative estimate of drug-likeness (QED) is 0.699. The molecule has 5 nitrogen and oxygen atoms in total. The smallest absolute Gasteiger partial charge is 0.262 e. The number of nitrogens with one attached hydrogen (secondary N) is 1. The Bertz CT molecular complexity index is 997. The molecule has 5 heteroatoms. The molecule has 0 aromatic heterocycles.